The van der Waals surface area contributed by atoms with E-state index in [0.717, 1.165) is 19.1 Å². The van der Waals surface area contributed by atoms with Crippen LogP contribution in [0.15, 0.2) is 0 Å². The molecule has 3 unspecified atom stereocenters. The second-order valence-electron chi connectivity index (χ2n) is 4.95. The van der Waals surface area contributed by atoms with Crippen molar-refractivity contribution in [1.82, 2.24) is 5.32 Å². The van der Waals surface area contributed by atoms with Crippen molar-refractivity contribution < 1.29 is 4.74 Å². The number of ether oxygens (including phenoxy) is 1. The van der Waals surface area contributed by atoms with Gasteiger partial charge in [-0.1, -0.05) is 20.8 Å². The molecule has 0 aromatic carbocycles. The van der Waals surface area contributed by atoms with Gasteiger partial charge in [0.25, 0.3) is 0 Å². The Kier molecular flexibility index (Phi) is 2.37. The van der Waals surface area contributed by atoms with Crippen molar-refractivity contribution in [1.29, 1.82) is 0 Å². The average molecular weight is 183 g/mol. The van der Waals surface area contributed by atoms with Crippen molar-refractivity contribution in [2.75, 3.05) is 13.2 Å². The van der Waals surface area contributed by atoms with Gasteiger partial charge in [-0.05, 0) is 19.4 Å². The topological polar surface area (TPSA) is 21.3 Å². The van der Waals surface area contributed by atoms with Crippen LogP contribution in [0.1, 0.15) is 33.6 Å². The summed E-state index contributed by atoms with van der Waals surface area (Å²) in [4.78, 5) is 0. The Morgan fingerprint density at radius 2 is 2.23 bits per heavy atom. The Balaban J connectivity index is 2.03. The van der Waals surface area contributed by atoms with Gasteiger partial charge in [0.1, 0.15) is 0 Å². The van der Waals surface area contributed by atoms with Crippen LogP contribution in [0.25, 0.3) is 0 Å². The van der Waals surface area contributed by atoms with Crippen LogP contribution in [-0.2, 0) is 4.74 Å². The maximum atomic E-state index is 5.83. The normalized spacial score (nSPS) is 42.2. The molecule has 13 heavy (non-hydrogen) atoms. The van der Waals surface area contributed by atoms with Gasteiger partial charge in [-0.25, -0.2) is 0 Å². The fraction of sp³-hybridized carbons (Fsp3) is 1.00. The van der Waals surface area contributed by atoms with Crippen LogP contribution in [0.3, 0.4) is 0 Å². The predicted octanol–water partition coefficient (Wildman–Crippen LogP) is 1.80. The molecule has 2 aliphatic rings. The van der Waals surface area contributed by atoms with E-state index in [1.54, 1.807) is 0 Å². The number of rotatable bonds is 2. The summed E-state index contributed by atoms with van der Waals surface area (Å²) in [5.41, 5.74) is 0.348. The summed E-state index contributed by atoms with van der Waals surface area (Å²) in [5.74, 6) is 0.781. The minimum atomic E-state index is 0.348. The van der Waals surface area contributed by atoms with Crippen molar-refractivity contribution >= 4 is 0 Å². The quantitative estimate of drug-likeness (QED) is 0.705. The summed E-state index contributed by atoms with van der Waals surface area (Å²) in [5, 5.41) is 3.59. The van der Waals surface area contributed by atoms with Gasteiger partial charge in [-0.3, -0.25) is 0 Å². The molecule has 1 saturated carbocycles. The summed E-state index contributed by atoms with van der Waals surface area (Å²) in [7, 11) is 0. The molecule has 0 aromatic rings. The van der Waals surface area contributed by atoms with Crippen LogP contribution in [0, 0.1) is 11.3 Å². The molecule has 2 heteroatoms. The first-order valence-electron chi connectivity index (χ1n) is 5.53. The molecule has 2 nitrogen and oxygen atoms in total. The molecule has 1 saturated heterocycles. The molecule has 1 heterocycles. The highest BCUT2D eigenvalue weighted by atomic mass is 16.5. The SMILES string of the molecule is CCNC1C2CCCOC2C1(C)C. The van der Waals surface area contributed by atoms with E-state index in [0.29, 0.717) is 17.6 Å². The van der Waals surface area contributed by atoms with Crippen LogP contribution < -0.4 is 5.32 Å². The first kappa shape index (κ1) is 9.47. The van der Waals surface area contributed by atoms with Gasteiger partial charge < -0.3 is 10.1 Å². The van der Waals surface area contributed by atoms with E-state index in [4.69, 9.17) is 4.74 Å². The number of nitrogens with one attached hydrogen (secondary N) is 1. The van der Waals surface area contributed by atoms with Gasteiger partial charge >= 0.3 is 0 Å². The lowest BCUT2D eigenvalue weighted by Crippen LogP contribution is -2.69. The lowest BCUT2D eigenvalue weighted by Gasteiger charge is -2.60. The highest BCUT2D eigenvalue weighted by molar-refractivity contribution is 5.09. The highest BCUT2D eigenvalue weighted by Crippen LogP contribution is 2.51. The zero-order valence-corrected chi connectivity index (χ0v) is 8.97. The molecule has 1 aliphatic heterocycles. The molecule has 1 N–H and O–H groups in total. The molecule has 2 fully saturated rings. The molecule has 1 aliphatic carbocycles. The van der Waals surface area contributed by atoms with Crippen molar-refractivity contribution in [3.63, 3.8) is 0 Å². The van der Waals surface area contributed by atoms with Gasteiger partial charge in [0, 0.05) is 24.0 Å². The molecule has 2 rings (SSSR count). The van der Waals surface area contributed by atoms with E-state index in [-0.39, 0.29) is 0 Å². The minimum absolute atomic E-state index is 0.348. The van der Waals surface area contributed by atoms with Crippen LogP contribution in [-0.4, -0.2) is 25.3 Å². The van der Waals surface area contributed by atoms with Crippen molar-refractivity contribution in [3.8, 4) is 0 Å². The maximum absolute atomic E-state index is 5.83. The van der Waals surface area contributed by atoms with Crippen LogP contribution in [0.5, 0.6) is 0 Å². The minimum Gasteiger partial charge on any atom is -0.377 e. The zero-order chi connectivity index (χ0) is 9.47. The van der Waals surface area contributed by atoms with Gasteiger partial charge in [0.05, 0.1) is 6.10 Å². The van der Waals surface area contributed by atoms with Gasteiger partial charge in [-0.15, -0.1) is 0 Å². The second-order valence-corrected chi connectivity index (χ2v) is 4.95. The fourth-order valence-electron chi connectivity index (χ4n) is 3.16. The largest absolute Gasteiger partial charge is 0.377 e. The Hall–Kier alpha value is -0.0800. The van der Waals surface area contributed by atoms with E-state index in [1.165, 1.54) is 12.8 Å². The molecular weight excluding hydrogens is 162 g/mol. The zero-order valence-electron chi connectivity index (χ0n) is 8.97. The van der Waals surface area contributed by atoms with E-state index in [2.05, 4.69) is 26.1 Å². The molecular formula is C11H21NO. The molecule has 0 spiro atoms. The summed E-state index contributed by atoms with van der Waals surface area (Å²) in [6, 6.07) is 0.683. The molecule has 0 bridgehead atoms. The van der Waals surface area contributed by atoms with Gasteiger partial charge in [0.15, 0.2) is 0 Å². The Bertz CT molecular complexity index is 191. The van der Waals surface area contributed by atoms with Crippen LogP contribution in [0.4, 0.5) is 0 Å². The first-order valence-corrected chi connectivity index (χ1v) is 5.53. The van der Waals surface area contributed by atoms with E-state index >= 15 is 0 Å². The third-order valence-electron chi connectivity index (χ3n) is 3.76. The molecule has 3 atom stereocenters. The van der Waals surface area contributed by atoms with E-state index in [1.807, 2.05) is 0 Å². The molecule has 0 amide bonds. The van der Waals surface area contributed by atoms with Gasteiger partial charge in [-0.2, -0.15) is 0 Å². The van der Waals surface area contributed by atoms with Crippen molar-refractivity contribution in [2.45, 2.75) is 45.8 Å². The lowest BCUT2D eigenvalue weighted by molar-refractivity contribution is -0.192. The maximum Gasteiger partial charge on any atom is 0.0684 e. The fourth-order valence-corrected chi connectivity index (χ4v) is 3.16. The molecule has 76 valence electrons. The smallest absolute Gasteiger partial charge is 0.0684 e. The first-order chi connectivity index (χ1) is 6.18. The molecule has 0 radical (unpaired) electrons. The predicted molar refractivity (Wildman–Crippen MR) is 53.7 cm³/mol. The standard InChI is InChI=1S/C11H21NO/c1-4-12-9-8-6-5-7-13-10(8)11(9,2)3/h8-10,12H,4-7H2,1-3H3. The van der Waals surface area contributed by atoms with E-state index in [9.17, 15) is 0 Å². The van der Waals surface area contributed by atoms with Crippen molar-refractivity contribution in [2.24, 2.45) is 11.3 Å². The Labute approximate surface area is 81.0 Å². The van der Waals surface area contributed by atoms with E-state index < -0.39 is 0 Å². The lowest BCUT2D eigenvalue weighted by atomic mass is 9.55. The monoisotopic (exact) mass is 183 g/mol. The number of hydrogen-bond donors (Lipinski definition) is 1. The Morgan fingerprint density at radius 1 is 1.46 bits per heavy atom. The third-order valence-corrected chi connectivity index (χ3v) is 3.76. The number of fused-ring (bicyclic) bond motifs is 1. The third kappa shape index (κ3) is 1.31. The summed E-state index contributed by atoms with van der Waals surface area (Å²) < 4.78 is 5.83. The van der Waals surface area contributed by atoms with Crippen molar-refractivity contribution in [3.05, 3.63) is 0 Å². The second kappa shape index (κ2) is 3.25. The highest BCUT2D eigenvalue weighted by Gasteiger charge is 2.57. The summed E-state index contributed by atoms with van der Waals surface area (Å²) >= 11 is 0. The van der Waals surface area contributed by atoms with Crippen LogP contribution >= 0.6 is 0 Å². The Morgan fingerprint density at radius 3 is 2.92 bits per heavy atom. The number of hydrogen-bond acceptors (Lipinski definition) is 2. The summed E-state index contributed by atoms with van der Waals surface area (Å²) in [6.45, 7) is 8.90. The summed E-state index contributed by atoms with van der Waals surface area (Å²) in [6.07, 6.45) is 3.12. The van der Waals surface area contributed by atoms with Crippen LogP contribution in [0.2, 0.25) is 0 Å². The average Bonchev–Trinajstić information content (AvgIpc) is 2.14. The molecule has 0 aromatic heterocycles. The van der Waals surface area contributed by atoms with Gasteiger partial charge in [0.2, 0.25) is 0 Å².